The standard InChI is InChI=1S/C13H24N4/c1-6-10(3)17(7-2)13-12(8-14-5)9-15-11(4)16-13/h9-10,14H,6-8H2,1-5H3. The van der Waals surface area contributed by atoms with Crippen molar-refractivity contribution in [2.45, 2.75) is 46.7 Å². The van der Waals surface area contributed by atoms with Gasteiger partial charge in [0, 0.05) is 30.9 Å². The molecule has 96 valence electrons. The number of hydrogen-bond acceptors (Lipinski definition) is 4. The molecule has 0 saturated heterocycles. The largest absolute Gasteiger partial charge is 0.354 e. The fourth-order valence-electron chi connectivity index (χ4n) is 1.94. The highest BCUT2D eigenvalue weighted by Gasteiger charge is 2.16. The molecular formula is C13H24N4. The predicted molar refractivity (Wildman–Crippen MR) is 72.3 cm³/mol. The van der Waals surface area contributed by atoms with Crippen LogP contribution in [0.15, 0.2) is 6.20 Å². The van der Waals surface area contributed by atoms with Crippen molar-refractivity contribution < 1.29 is 0 Å². The monoisotopic (exact) mass is 236 g/mol. The van der Waals surface area contributed by atoms with E-state index in [4.69, 9.17) is 0 Å². The summed E-state index contributed by atoms with van der Waals surface area (Å²) in [6.07, 6.45) is 3.05. The number of rotatable bonds is 6. The van der Waals surface area contributed by atoms with E-state index in [1.165, 1.54) is 5.56 Å². The summed E-state index contributed by atoms with van der Waals surface area (Å²) in [7, 11) is 1.95. The summed E-state index contributed by atoms with van der Waals surface area (Å²) >= 11 is 0. The van der Waals surface area contributed by atoms with E-state index < -0.39 is 0 Å². The summed E-state index contributed by atoms with van der Waals surface area (Å²) in [4.78, 5) is 11.2. The van der Waals surface area contributed by atoms with Crippen LogP contribution in [0.3, 0.4) is 0 Å². The average Bonchev–Trinajstić information content (AvgIpc) is 2.33. The first-order chi connectivity index (χ1) is 8.13. The SMILES string of the molecule is CCC(C)N(CC)c1nc(C)ncc1CNC. The summed E-state index contributed by atoms with van der Waals surface area (Å²) in [6.45, 7) is 10.3. The summed E-state index contributed by atoms with van der Waals surface area (Å²) in [5.74, 6) is 1.91. The third-order valence-corrected chi connectivity index (χ3v) is 3.06. The van der Waals surface area contributed by atoms with Gasteiger partial charge in [0.2, 0.25) is 0 Å². The van der Waals surface area contributed by atoms with E-state index in [-0.39, 0.29) is 0 Å². The van der Waals surface area contributed by atoms with Crippen molar-refractivity contribution in [2.24, 2.45) is 0 Å². The normalized spacial score (nSPS) is 12.5. The third-order valence-electron chi connectivity index (χ3n) is 3.06. The Bertz CT molecular complexity index is 351. The number of aromatic nitrogens is 2. The van der Waals surface area contributed by atoms with Gasteiger partial charge < -0.3 is 10.2 Å². The van der Waals surface area contributed by atoms with Crippen LogP contribution in [-0.2, 0) is 6.54 Å². The topological polar surface area (TPSA) is 41.1 Å². The van der Waals surface area contributed by atoms with Gasteiger partial charge in [-0.2, -0.15) is 0 Å². The molecule has 0 fully saturated rings. The van der Waals surface area contributed by atoms with E-state index in [9.17, 15) is 0 Å². The minimum absolute atomic E-state index is 0.505. The second kappa shape index (κ2) is 6.55. The van der Waals surface area contributed by atoms with Crippen LogP contribution in [0.25, 0.3) is 0 Å². The molecule has 0 aromatic carbocycles. The quantitative estimate of drug-likeness (QED) is 0.821. The predicted octanol–water partition coefficient (Wildman–Crippen LogP) is 2.13. The van der Waals surface area contributed by atoms with Gasteiger partial charge in [0.15, 0.2) is 0 Å². The van der Waals surface area contributed by atoms with Crippen molar-refractivity contribution in [3.63, 3.8) is 0 Å². The van der Waals surface area contributed by atoms with Crippen molar-refractivity contribution in [2.75, 3.05) is 18.5 Å². The minimum atomic E-state index is 0.505. The molecule has 0 aliphatic rings. The van der Waals surface area contributed by atoms with Gasteiger partial charge in [-0.3, -0.25) is 0 Å². The molecule has 0 radical (unpaired) electrons. The maximum Gasteiger partial charge on any atom is 0.137 e. The Balaban J connectivity index is 3.10. The lowest BCUT2D eigenvalue weighted by atomic mass is 10.2. The molecule has 1 heterocycles. The Morgan fingerprint density at radius 3 is 2.65 bits per heavy atom. The van der Waals surface area contributed by atoms with Gasteiger partial charge >= 0.3 is 0 Å². The first kappa shape index (κ1) is 13.9. The van der Waals surface area contributed by atoms with Crippen LogP contribution < -0.4 is 10.2 Å². The number of nitrogens with zero attached hydrogens (tertiary/aromatic N) is 3. The molecule has 4 nitrogen and oxygen atoms in total. The molecule has 1 atom stereocenters. The molecule has 17 heavy (non-hydrogen) atoms. The van der Waals surface area contributed by atoms with Crippen molar-refractivity contribution in [1.29, 1.82) is 0 Å². The Kier molecular flexibility index (Phi) is 5.35. The lowest BCUT2D eigenvalue weighted by molar-refractivity contribution is 0.615. The van der Waals surface area contributed by atoms with E-state index in [1.54, 1.807) is 0 Å². The highest BCUT2D eigenvalue weighted by molar-refractivity contribution is 5.46. The van der Waals surface area contributed by atoms with Gasteiger partial charge in [0.25, 0.3) is 0 Å². The number of aryl methyl sites for hydroxylation is 1. The first-order valence-electron chi connectivity index (χ1n) is 6.37. The van der Waals surface area contributed by atoms with E-state index >= 15 is 0 Å². The number of hydrogen-bond donors (Lipinski definition) is 1. The molecule has 1 N–H and O–H groups in total. The molecule has 1 unspecified atom stereocenters. The van der Waals surface area contributed by atoms with Crippen molar-refractivity contribution >= 4 is 5.82 Å². The molecule has 0 saturated carbocycles. The summed E-state index contributed by atoms with van der Waals surface area (Å²) < 4.78 is 0. The molecule has 0 amide bonds. The van der Waals surface area contributed by atoms with Crippen LogP contribution in [-0.4, -0.2) is 29.6 Å². The van der Waals surface area contributed by atoms with Crippen LogP contribution in [0.5, 0.6) is 0 Å². The highest BCUT2D eigenvalue weighted by Crippen LogP contribution is 2.20. The molecule has 1 aromatic heterocycles. The van der Waals surface area contributed by atoms with Gasteiger partial charge in [-0.15, -0.1) is 0 Å². The Morgan fingerprint density at radius 2 is 2.12 bits per heavy atom. The Morgan fingerprint density at radius 1 is 1.41 bits per heavy atom. The first-order valence-corrected chi connectivity index (χ1v) is 6.37. The van der Waals surface area contributed by atoms with Gasteiger partial charge in [0.1, 0.15) is 11.6 Å². The number of anilines is 1. The second-order valence-corrected chi connectivity index (χ2v) is 4.34. The summed E-state index contributed by atoms with van der Waals surface area (Å²) in [5, 5.41) is 3.17. The smallest absolute Gasteiger partial charge is 0.137 e. The molecular weight excluding hydrogens is 212 g/mol. The van der Waals surface area contributed by atoms with E-state index in [2.05, 4.69) is 41.0 Å². The fourth-order valence-corrected chi connectivity index (χ4v) is 1.94. The molecule has 0 aliphatic carbocycles. The minimum Gasteiger partial charge on any atom is -0.354 e. The van der Waals surface area contributed by atoms with E-state index in [0.717, 1.165) is 31.2 Å². The van der Waals surface area contributed by atoms with Crippen LogP contribution >= 0.6 is 0 Å². The summed E-state index contributed by atoms with van der Waals surface area (Å²) in [5.41, 5.74) is 1.17. The lowest BCUT2D eigenvalue weighted by Gasteiger charge is -2.30. The van der Waals surface area contributed by atoms with Gasteiger partial charge in [-0.1, -0.05) is 6.92 Å². The third kappa shape index (κ3) is 3.40. The summed E-state index contributed by atoms with van der Waals surface area (Å²) in [6, 6.07) is 0.505. The zero-order valence-electron chi connectivity index (χ0n) is 11.6. The zero-order chi connectivity index (χ0) is 12.8. The Labute approximate surface area is 104 Å². The molecule has 0 spiro atoms. The van der Waals surface area contributed by atoms with E-state index in [1.807, 2.05) is 20.2 Å². The van der Waals surface area contributed by atoms with Crippen LogP contribution in [0, 0.1) is 6.92 Å². The molecule has 4 heteroatoms. The van der Waals surface area contributed by atoms with Crippen molar-refractivity contribution in [3.05, 3.63) is 17.6 Å². The van der Waals surface area contributed by atoms with Crippen LogP contribution in [0.4, 0.5) is 5.82 Å². The van der Waals surface area contributed by atoms with Crippen LogP contribution in [0.1, 0.15) is 38.6 Å². The van der Waals surface area contributed by atoms with E-state index in [0.29, 0.717) is 6.04 Å². The van der Waals surface area contributed by atoms with Crippen LogP contribution in [0.2, 0.25) is 0 Å². The van der Waals surface area contributed by atoms with Gasteiger partial charge in [-0.25, -0.2) is 9.97 Å². The molecule has 0 bridgehead atoms. The fraction of sp³-hybridized carbons (Fsp3) is 0.692. The Hall–Kier alpha value is -1.16. The number of nitrogens with one attached hydrogen (secondary N) is 1. The van der Waals surface area contributed by atoms with Crippen molar-refractivity contribution in [3.8, 4) is 0 Å². The molecule has 1 rings (SSSR count). The molecule has 1 aromatic rings. The molecule has 0 aliphatic heterocycles. The van der Waals surface area contributed by atoms with Crippen molar-refractivity contribution in [1.82, 2.24) is 15.3 Å². The maximum absolute atomic E-state index is 4.61. The zero-order valence-corrected chi connectivity index (χ0v) is 11.6. The van der Waals surface area contributed by atoms with Gasteiger partial charge in [0.05, 0.1) is 0 Å². The lowest BCUT2D eigenvalue weighted by Crippen LogP contribution is -2.34. The maximum atomic E-state index is 4.61. The van der Waals surface area contributed by atoms with Gasteiger partial charge in [-0.05, 0) is 34.2 Å². The average molecular weight is 236 g/mol. The second-order valence-electron chi connectivity index (χ2n) is 4.34. The highest BCUT2D eigenvalue weighted by atomic mass is 15.2.